The number of hydrogen-bond acceptors (Lipinski definition) is 11. The van der Waals surface area contributed by atoms with Gasteiger partial charge in [0.2, 0.25) is 6.29 Å². The number of nitrogens with zero attached hydrogens (tertiary/aromatic N) is 3. The molecule has 0 aliphatic carbocycles. The summed E-state index contributed by atoms with van der Waals surface area (Å²) in [7, 11) is 1.57. The molecule has 0 spiro atoms. The van der Waals surface area contributed by atoms with Crippen molar-refractivity contribution in [2.24, 2.45) is 17.0 Å². The Hall–Kier alpha value is -4.65. The number of ether oxygens (including phenoxy) is 8. The van der Waals surface area contributed by atoms with E-state index in [1.807, 2.05) is 51.1 Å². The number of carbonyl (C=O) groups excluding carboxylic acids is 2. The van der Waals surface area contributed by atoms with Gasteiger partial charge in [-0.05, 0) is 65.7 Å². The molecule has 2 saturated heterocycles. The molecule has 272 valence electrons. The summed E-state index contributed by atoms with van der Waals surface area (Å²) in [5.41, 5.74) is 10.8. The summed E-state index contributed by atoms with van der Waals surface area (Å²) < 4.78 is 49.6. The van der Waals surface area contributed by atoms with Crippen LogP contribution >= 0.6 is 0 Å². The first-order valence-corrected chi connectivity index (χ1v) is 17.1. The smallest absolute Gasteiger partial charge is 0.338 e. The summed E-state index contributed by atoms with van der Waals surface area (Å²) in [4.78, 5) is 28.5. The van der Waals surface area contributed by atoms with Gasteiger partial charge in [-0.1, -0.05) is 74.4 Å². The van der Waals surface area contributed by atoms with Crippen LogP contribution in [0.25, 0.3) is 10.4 Å². The summed E-state index contributed by atoms with van der Waals surface area (Å²) in [6, 6.07) is 24.4. The van der Waals surface area contributed by atoms with Gasteiger partial charge in [-0.25, -0.2) is 4.79 Å². The Labute approximate surface area is 297 Å². The van der Waals surface area contributed by atoms with Crippen molar-refractivity contribution in [3.63, 3.8) is 0 Å². The van der Waals surface area contributed by atoms with Crippen LogP contribution in [-0.4, -0.2) is 74.8 Å². The van der Waals surface area contributed by atoms with E-state index in [0.717, 1.165) is 5.56 Å². The van der Waals surface area contributed by atoms with Gasteiger partial charge >= 0.3 is 11.9 Å². The fourth-order valence-corrected chi connectivity index (χ4v) is 6.25. The van der Waals surface area contributed by atoms with E-state index in [9.17, 15) is 15.1 Å². The number of methoxy groups -OCH3 is 1. The molecule has 13 nitrogen and oxygen atoms in total. The molecule has 4 unspecified atom stereocenters. The molecule has 0 bridgehead atoms. The van der Waals surface area contributed by atoms with Gasteiger partial charge in [0.1, 0.15) is 30.3 Å². The SMILES string of the molecule is CCC1O[C@@H](Oc2ccc(OC)cc2)[C@@H](OC(=O)c2ccccc2)C(OCc2ccccc2)[C@@H]1O[C@@H]1OC(COC(C)=O)[C@@H](C)[C@H](C)C1N=[N+]=[N-]. The fraction of sp³-hybridized carbons (Fsp3) is 0.474. The fourth-order valence-electron chi connectivity index (χ4n) is 6.25. The van der Waals surface area contributed by atoms with Crippen LogP contribution in [0.3, 0.4) is 0 Å². The van der Waals surface area contributed by atoms with E-state index in [2.05, 4.69) is 10.0 Å². The Morgan fingerprint density at radius 1 is 0.824 bits per heavy atom. The molecule has 10 atom stereocenters. The largest absolute Gasteiger partial charge is 0.497 e. The Bertz CT molecular complexity index is 1610. The third-order valence-corrected chi connectivity index (χ3v) is 9.31. The van der Waals surface area contributed by atoms with Crippen molar-refractivity contribution >= 4 is 11.9 Å². The standard InChI is InChI=1S/C38H45N3O10/c1-6-30-33(51-37-32(40-41-39)24(3)23(2)31(49-37)22-45-25(4)42)34(46-21-26-13-9-7-10-14-26)35(50-36(43)27-15-11-8-12-16-27)38(48-30)47-29-19-17-28(44-5)18-20-29/h7-20,23-24,30-35,37-38H,6,21-22H2,1-5H3/t23-,24-,30?,31?,32?,33+,34?,35-,37-,38+/m0/s1. The highest BCUT2D eigenvalue weighted by Gasteiger charge is 2.53. The second-order valence-corrected chi connectivity index (χ2v) is 12.6. The van der Waals surface area contributed by atoms with Crippen molar-refractivity contribution in [1.82, 2.24) is 0 Å². The average molecular weight is 704 g/mol. The molecule has 0 N–H and O–H groups in total. The molecule has 3 aromatic rings. The van der Waals surface area contributed by atoms with Crippen molar-refractivity contribution < 1.29 is 47.5 Å². The van der Waals surface area contributed by atoms with Crippen molar-refractivity contribution in [2.45, 2.75) is 89.9 Å². The summed E-state index contributed by atoms with van der Waals surface area (Å²) in [5, 5.41) is 4.07. The van der Waals surface area contributed by atoms with E-state index in [0.29, 0.717) is 23.5 Å². The van der Waals surface area contributed by atoms with Crippen molar-refractivity contribution in [1.29, 1.82) is 0 Å². The van der Waals surface area contributed by atoms with Gasteiger partial charge in [-0.3, -0.25) is 4.79 Å². The first kappa shape index (κ1) is 37.6. The quantitative estimate of drug-likeness (QED) is 0.0771. The maximum Gasteiger partial charge on any atom is 0.338 e. The van der Waals surface area contributed by atoms with E-state index in [4.69, 9.17) is 37.9 Å². The number of hydrogen-bond donors (Lipinski definition) is 0. The summed E-state index contributed by atoms with van der Waals surface area (Å²) >= 11 is 0. The van der Waals surface area contributed by atoms with Crippen LogP contribution in [0.15, 0.2) is 90.0 Å². The number of carbonyl (C=O) groups is 2. The lowest BCUT2D eigenvalue weighted by Gasteiger charge is -2.49. The lowest BCUT2D eigenvalue weighted by Crippen LogP contribution is -2.64. The van der Waals surface area contributed by atoms with E-state index < -0.39 is 61.1 Å². The van der Waals surface area contributed by atoms with E-state index >= 15 is 0 Å². The van der Waals surface area contributed by atoms with Crippen LogP contribution in [0, 0.1) is 11.8 Å². The number of benzene rings is 3. The zero-order valence-electron chi connectivity index (χ0n) is 29.4. The topological polar surface area (TPSA) is 157 Å². The highest BCUT2D eigenvalue weighted by Crippen LogP contribution is 2.38. The molecule has 0 saturated carbocycles. The van der Waals surface area contributed by atoms with Gasteiger partial charge in [0, 0.05) is 11.8 Å². The third kappa shape index (κ3) is 9.57. The van der Waals surface area contributed by atoms with Crippen LogP contribution in [-0.2, 0) is 39.8 Å². The Kier molecular flexibility index (Phi) is 13.3. The van der Waals surface area contributed by atoms with E-state index in [1.165, 1.54) is 6.92 Å². The van der Waals surface area contributed by atoms with Crippen LogP contribution < -0.4 is 9.47 Å². The third-order valence-electron chi connectivity index (χ3n) is 9.31. The van der Waals surface area contributed by atoms with Gasteiger partial charge in [0.05, 0.1) is 37.5 Å². The number of rotatable bonds is 14. The van der Waals surface area contributed by atoms with Crippen LogP contribution in [0.2, 0.25) is 0 Å². The lowest BCUT2D eigenvalue weighted by atomic mass is 9.82. The molecule has 13 heteroatoms. The Morgan fingerprint density at radius 2 is 1.47 bits per heavy atom. The first-order valence-electron chi connectivity index (χ1n) is 17.1. The van der Waals surface area contributed by atoms with Gasteiger partial charge < -0.3 is 37.9 Å². The molecule has 5 rings (SSSR count). The van der Waals surface area contributed by atoms with Crippen molar-refractivity contribution in [2.75, 3.05) is 13.7 Å². The zero-order chi connectivity index (χ0) is 36.3. The minimum absolute atomic E-state index is 0.00884. The first-order chi connectivity index (χ1) is 24.7. The summed E-state index contributed by atoms with van der Waals surface area (Å²) in [6.45, 7) is 7.27. The molecule has 0 aromatic heterocycles. The van der Waals surface area contributed by atoms with Gasteiger partial charge in [0.25, 0.3) is 0 Å². The Morgan fingerprint density at radius 3 is 2.10 bits per heavy atom. The van der Waals surface area contributed by atoms with Crippen molar-refractivity contribution in [3.05, 3.63) is 106 Å². The second-order valence-electron chi connectivity index (χ2n) is 12.6. The van der Waals surface area contributed by atoms with E-state index in [-0.39, 0.29) is 25.0 Å². The molecular weight excluding hydrogens is 658 g/mol. The normalized spacial score (nSPS) is 28.9. The summed E-state index contributed by atoms with van der Waals surface area (Å²) in [5.74, 6) is -0.324. The van der Waals surface area contributed by atoms with Crippen LogP contribution in [0.1, 0.15) is 50.0 Å². The Balaban J connectivity index is 1.53. The number of azide groups is 1. The molecule has 2 aliphatic rings. The maximum atomic E-state index is 13.7. The minimum Gasteiger partial charge on any atom is -0.497 e. The highest BCUT2D eigenvalue weighted by atomic mass is 16.7. The average Bonchev–Trinajstić information content (AvgIpc) is 3.15. The molecule has 2 fully saturated rings. The monoisotopic (exact) mass is 703 g/mol. The molecule has 2 heterocycles. The molecule has 0 amide bonds. The second kappa shape index (κ2) is 18.0. The van der Waals surface area contributed by atoms with Crippen LogP contribution in [0.5, 0.6) is 11.5 Å². The lowest BCUT2D eigenvalue weighted by molar-refractivity contribution is -0.332. The molecular formula is C38H45N3O10. The van der Waals surface area contributed by atoms with Crippen molar-refractivity contribution in [3.8, 4) is 11.5 Å². The molecule has 0 radical (unpaired) electrons. The highest BCUT2D eigenvalue weighted by molar-refractivity contribution is 5.89. The number of esters is 2. The molecule has 51 heavy (non-hydrogen) atoms. The van der Waals surface area contributed by atoms with Gasteiger partial charge in [-0.2, -0.15) is 0 Å². The zero-order valence-corrected chi connectivity index (χ0v) is 29.4. The minimum atomic E-state index is -1.15. The predicted molar refractivity (Wildman–Crippen MR) is 185 cm³/mol. The predicted octanol–water partition coefficient (Wildman–Crippen LogP) is 6.64. The van der Waals surface area contributed by atoms with Gasteiger partial charge in [-0.15, -0.1) is 0 Å². The van der Waals surface area contributed by atoms with Gasteiger partial charge in [0.15, 0.2) is 12.4 Å². The van der Waals surface area contributed by atoms with Crippen LogP contribution in [0.4, 0.5) is 0 Å². The maximum absolute atomic E-state index is 13.7. The molecule has 2 aliphatic heterocycles. The van der Waals surface area contributed by atoms with E-state index in [1.54, 1.807) is 61.7 Å². The molecule has 3 aromatic carbocycles. The summed E-state index contributed by atoms with van der Waals surface area (Å²) in [6.07, 6.45) is -5.97.